The number of carbonyl (C=O) groups excluding carboxylic acids is 1. The summed E-state index contributed by atoms with van der Waals surface area (Å²) in [5, 5.41) is 15.7. The van der Waals surface area contributed by atoms with Crippen molar-refractivity contribution in [2.24, 2.45) is 5.41 Å². The molecule has 1 saturated heterocycles. The number of fused-ring (bicyclic) bond motifs is 1. The van der Waals surface area contributed by atoms with Gasteiger partial charge in [-0.15, -0.1) is 0 Å². The second-order valence-corrected chi connectivity index (χ2v) is 8.17. The molecule has 3 heterocycles. The van der Waals surface area contributed by atoms with Crippen molar-refractivity contribution in [2.75, 3.05) is 18.0 Å². The maximum absolute atomic E-state index is 13.3. The lowest BCUT2D eigenvalue weighted by molar-refractivity contribution is 0.0417. The summed E-state index contributed by atoms with van der Waals surface area (Å²) < 4.78 is 23.2. The van der Waals surface area contributed by atoms with Crippen LogP contribution < -0.4 is 10.2 Å². The fourth-order valence-electron chi connectivity index (χ4n) is 4.36. The van der Waals surface area contributed by atoms with Crippen molar-refractivity contribution in [3.8, 4) is 0 Å². The minimum atomic E-state index is -1.21. The largest absolute Gasteiger partial charge is 0.476 e. The van der Waals surface area contributed by atoms with E-state index in [1.54, 1.807) is 6.07 Å². The van der Waals surface area contributed by atoms with E-state index in [1.807, 2.05) is 12.1 Å². The third-order valence-corrected chi connectivity index (χ3v) is 5.82. The summed E-state index contributed by atoms with van der Waals surface area (Å²) in [4.78, 5) is 29.5. The molecule has 31 heavy (non-hydrogen) atoms. The summed E-state index contributed by atoms with van der Waals surface area (Å²) in [5.41, 5.74) is 0.694. The van der Waals surface area contributed by atoms with Gasteiger partial charge in [-0.2, -0.15) is 0 Å². The number of carboxylic acid groups (broad SMARTS) is 1. The molecule has 1 saturated carbocycles. The van der Waals surface area contributed by atoms with Gasteiger partial charge in [-0.05, 0) is 43.2 Å². The number of pyridine rings is 1. The molecule has 1 aromatic carbocycles. The lowest BCUT2D eigenvalue weighted by Crippen LogP contribution is -2.66. The Balaban J connectivity index is 1.08. The highest BCUT2D eigenvalue weighted by Gasteiger charge is 2.53. The average molecular weight is 426 g/mol. The van der Waals surface area contributed by atoms with Crippen LogP contribution in [-0.4, -0.2) is 46.4 Å². The highest BCUT2D eigenvalue weighted by molar-refractivity contribution is 5.85. The van der Waals surface area contributed by atoms with Crippen molar-refractivity contribution in [3.05, 3.63) is 53.7 Å². The molecular formula is C21H19FN4O5. The van der Waals surface area contributed by atoms with Gasteiger partial charge in [0.25, 0.3) is 0 Å². The number of halogens is 1. The van der Waals surface area contributed by atoms with Crippen LogP contribution in [0.25, 0.3) is 10.9 Å². The number of hydrogen-bond donors (Lipinski definition) is 2. The zero-order valence-corrected chi connectivity index (χ0v) is 16.4. The number of aromatic nitrogens is 2. The number of nitrogens with zero attached hydrogens (tertiary/aromatic N) is 3. The zero-order valence-electron chi connectivity index (χ0n) is 16.4. The Morgan fingerprint density at radius 1 is 1.26 bits per heavy atom. The number of anilines is 1. The number of benzene rings is 1. The third kappa shape index (κ3) is 3.76. The molecule has 2 aliphatic rings. The van der Waals surface area contributed by atoms with E-state index >= 15 is 0 Å². The van der Waals surface area contributed by atoms with E-state index in [0.29, 0.717) is 0 Å². The maximum Gasteiger partial charge on any atom is 0.407 e. The number of aromatic carboxylic acids is 1. The molecule has 0 atom stereocenters. The Kier molecular flexibility index (Phi) is 4.49. The summed E-state index contributed by atoms with van der Waals surface area (Å²) in [6, 6.07) is 9.59. The first kappa shape index (κ1) is 19.3. The topological polar surface area (TPSA) is 118 Å². The second kappa shape index (κ2) is 7.22. The molecule has 160 valence electrons. The number of alkyl carbamates (subject to hydrolysis) is 1. The lowest BCUT2D eigenvalue weighted by Gasteiger charge is -2.59. The van der Waals surface area contributed by atoms with E-state index in [4.69, 9.17) is 14.4 Å². The molecule has 2 N–H and O–H groups in total. The van der Waals surface area contributed by atoms with Crippen LogP contribution >= 0.6 is 0 Å². The minimum Gasteiger partial charge on any atom is -0.476 e. The maximum atomic E-state index is 13.3. The number of carboxylic acids is 1. The number of carbonyl (C=O) groups is 2. The normalized spacial score (nSPS) is 17.3. The molecule has 1 amide bonds. The number of ether oxygens (including phenoxy) is 1. The molecule has 9 nitrogen and oxygen atoms in total. The molecule has 1 aliphatic carbocycles. The van der Waals surface area contributed by atoms with Gasteiger partial charge in [-0.3, -0.25) is 0 Å². The van der Waals surface area contributed by atoms with Crippen molar-refractivity contribution in [3.63, 3.8) is 0 Å². The molecule has 2 fully saturated rings. The van der Waals surface area contributed by atoms with E-state index in [1.165, 1.54) is 18.2 Å². The standard InChI is InChI=1S/C21H19FN4O5/c22-13-2-3-16-12(5-13)1-4-18(24-16)26-10-21(11-26)7-14(8-21)23-20(29)30-9-15-6-17(19(27)28)25-31-15/h1-6,14H,7-11H2,(H,23,29)(H,27,28). The smallest absolute Gasteiger partial charge is 0.407 e. The molecule has 0 bridgehead atoms. The monoisotopic (exact) mass is 426 g/mol. The van der Waals surface area contributed by atoms with Gasteiger partial charge >= 0.3 is 12.1 Å². The van der Waals surface area contributed by atoms with Gasteiger partial charge in [-0.25, -0.2) is 19.0 Å². The second-order valence-electron chi connectivity index (χ2n) is 8.17. The molecule has 5 rings (SSSR count). The van der Waals surface area contributed by atoms with Crippen molar-refractivity contribution in [1.82, 2.24) is 15.5 Å². The number of amides is 1. The van der Waals surface area contributed by atoms with Crippen LogP contribution in [0, 0.1) is 11.2 Å². The van der Waals surface area contributed by atoms with Crippen LogP contribution in [0.2, 0.25) is 0 Å². The molecule has 3 aromatic rings. The molecular weight excluding hydrogens is 407 g/mol. The van der Waals surface area contributed by atoms with Crippen molar-refractivity contribution < 1.29 is 28.3 Å². The predicted molar refractivity (Wildman–Crippen MR) is 106 cm³/mol. The summed E-state index contributed by atoms with van der Waals surface area (Å²) in [6.45, 7) is 1.53. The first-order valence-electron chi connectivity index (χ1n) is 9.83. The first-order chi connectivity index (χ1) is 14.9. The Bertz CT molecular complexity index is 1170. The van der Waals surface area contributed by atoms with E-state index in [2.05, 4.69) is 20.4 Å². The summed E-state index contributed by atoms with van der Waals surface area (Å²) in [5.74, 6) is -0.449. The SMILES string of the molecule is O=C(NC1CC2(C1)CN(c1ccc3cc(F)ccc3n1)C2)OCc1cc(C(=O)O)no1. The lowest BCUT2D eigenvalue weighted by atomic mass is 9.60. The molecule has 1 aliphatic heterocycles. The van der Waals surface area contributed by atoms with Crippen LogP contribution in [-0.2, 0) is 11.3 Å². The van der Waals surface area contributed by atoms with Gasteiger partial charge in [0.2, 0.25) is 0 Å². The Morgan fingerprint density at radius 3 is 2.81 bits per heavy atom. The first-order valence-corrected chi connectivity index (χ1v) is 9.83. The highest BCUT2D eigenvalue weighted by Crippen LogP contribution is 2.49. The number of hydrogen-bond acceptors (Lipinski definition) is 7. The van der Waals surface area contributed by atoms with Crippen LogP contribution in [0.1, 0.15) is 29.1 Å². The van der Waals surface area contributed by atoms with E-state index in [0.717, 1.165) is 42.7 Å². The Labute approximate surface area is 175 Å². The third-order valence-electron chi connectivity index (χ3n) is 5.82. The Morgan fingerprint density at radius 2 is 2.06 bits per heavy atom. The quantitative estimate of drug-likeness (QED) is 0.639. The summed E-state index contributed by atoms with van der Waals surface area (Å²) in [6.07, 6.45) is 1.12. The van der Waals surface area contributed by atoms with Crippen LogP contribution in [0.4, 0.5) is 15.0 Å². The van der Waals surface area contributed by atoms with E-state index < -0.39 is 12.1 Å². The van der Waals surface area contributed by atoms with E-state index in [-0.39, 0.29) is 35.3 Å². The zero-order chi connectivity index (χ0) is 21.6. The highest BCUT2D eigenvalue weighted by atomic mass is 19.1. The predicted octanol–water partition coefficient (Wildman–Crippen LogP) is 2.96. The molecule has 2 aromatic heterocycles. The van der Waals surface area contributed by atoms with E-state index in [9.17, 15) is 14.0 Å². The number of nitrogens with one attached hydrogen (secondary N) is 1. The van der Waals surface area contributed by atoms with Gasteiger partial charge < -0.3 is 24.6 Å². The Hall–Kier alpha value is -3.69. The summed E-state index contributed by atoms with van der Waals surface area (Å²) >= 11 is 0. The van der Waals surface area contributed by atoms with Gasteiger partial charge in [-0.1, -0.05) is 5.16 Å². The van der Waals surface area contributed by atoms with Gasteiger partial charge in [0.05, 0.1) is 5.52 Å². The van der Waals surface area contributed by atoms with Gasteiger partial charge in [0.15, 0.2) is 18.1 Å². The van der Waals surface area contributed by atoms with Gasteiger partial charge in [0.1, 0.15) is 11.6 Å². The molecule has 0 radical (unpaired) electrons. The summed E-state index contributed by atoms with van der Waals surface area (Å²) in [7, 11) is 0. The fraction of sp³-hybridized carbons (Fsp3) is 0.333. The fourth-order valence-corrected chi connectivity index (χ4v) is 4.36. The molecule has 0 unspecified atom stereocenters. The average Bonchev–Trinajstić information content (AvgIpc) is 3.16. The van der Waals surface area contributed by atoms with Crippen molar-refractivity contribution >= 4 is 28.8 Å². The minimum absolute atomic E-state index is 0.0338. The van der Waals surface area contributed by atoms with Crippen molar-refractivity contribution in [1.29, 1.82) is 0 Å². The van der Waals surface area contributed by atoms with Gasteiger partial charge in [0, 0.05) is 36.0 Å². The van der Waals surface area contributed by atoms with Crippen molar-refractivity contribution in [2.45, 2.75) is 25.5 Å². The molecule has 10 heteroatoms. The number of rotatable bonds is 5. The van der Waals surface area contributed by atoms with Crippen LogP contribution in [0.5, 0.6) is 0 Å². The van der Waals surface area contributed by atoms with Crippen LogP contribution in [0.15, 0.2) is 40.9 Å². The molecule has 1 spiro atoms. The van der Waals surface area contributed by atoms with Crippen LogP contribution in [0.3, 0.4) is 0 Å².